The van der Waals surface area contributed by atoms with E-state index in [1.807, 2.05) is 46.0 Å². The quantitative estimate of drug-likeness (QED) is 0.943. The molecule has 3 rings (SSSR count). The summed E-state index contributed by atoms with van der Waals surface area (Å²) >= 11 is 0. The minimum absolute atomic E-state index is 0.0327. The number of aliphatic hydroxyl groups is 1. The largest absolute Gasteiger partial charge is 0.387 e. The van der Waals surface area contributed by atoms with Crippen molar-refractivity contribution in [2.75, 3.05) is 26.8 Å². The average Bonchev–Trinajstić information content (AvgIpc) is 2.85. The molecule has 1 amide bonds. The van der Waals surface area contributed by atoms with Crippen LogP contribution in [0.5, 0.6) is 0 Å². The van der Waals surface area contributed by atoms with Gasteiger partial charge >= 0.3 is 0 Å². The molecule has 0 aliphatic carbocycles. The number of carbonyl (C=O) groups excluding carboxylic acids is 1. The lowest BCUT2D eigenvalue weighted by Gasteiger charge is -2.25. The number of rotatable bonds is 3. The Hall–Kier alpha value is -1.85. The van der Waals surface area contributed by atoms with Crippen LogP contribution in [-0.2, 0) is 4.74 Å². The number of ether oxygens (including phenoxy) is 1. The van der Waals surface area contributed by atoms with Gasteiger partial charge in [-0.25, -0.2) is 0 Å². The SMILES string of the molecule is COCC1(O)CCCN(C(=O)c2cc3ccccn3c2)CC1. The average molecular weight is 302 g/mol. The number of methoxy groups -OCH3 is 1. The van der Waals surface area contributed by atoms with Crippen molar-refractivity contribution in [3.63, 3.8) is 0 Å². The molecule has 1 aliphatic heterocycles. The second-order valence-electron chi connectivity index (χ2n) is 6.06. The van der Waals surface area contributed by atoms with Crippen LogP contribution in [0, 0.1) is 0 Å². The number of amides is 1. The van der Waals surface area contributed by atoms with Crippen molar-refractivity contribution in [3.05, 3.63) is 42.2 Å². The highest BCUT2D eigenvalue weighted by molar-refractivity contribution is 5.95. The Labute approximate surface area is 130 Å². The van der Waals surface area contributed by atoms with E-state index in [2.05, 4.69) is 0 Å². The van der Waals surface area contributed by atoms with E-state index in [0.717, 1.165) is 11.9 Å². The Bertz CT molecular complexity index is 634. The molecule has 5 heteroatoms. The molecule has 3 heterocycles. The molecule has 1 atom stereocenters. The first-order chi connectivity index (χ1) is 10.6. The molecular weight excluding hydrogens is 280 g/mol. The summed E-state index contributed by atoms with van der Waals surface area (Å²) < 4.78 is 7.05. The van der Waals surface area contributed by atoms with E-state index in [1.54, 1.807) is 7.11 Å². The lowest BCUT2D eigenvalue weighted by molar-refractivity contribution is -0.0404. The summed E-state index contributed by atoms with van der Waals surface area (Å²) in [5.74, 6) is 0.0327. The molecule has 0 aromatic carbocycles. The zero-order valence-electron chi connectivity index (χ0n) is 12.9. The van der Waals surface area contributed by atoms with Crippen molar-refractivity contribution >= 4 is 11.4 Å². The summed E-state index contributed by atoms with van der Waals surface area (Å²) in [4.78, 5) is 14.5. The van der Waals surface area contributed by atoms with Crippen LogP contribution in [0.1, 0.15) is 29.6 Å². The van der Waals surface area contributed by atoms with Crippen molar-refractivity contribution in [1.29, 1.82) is 0 Å². The van der Waals surface area contributed by atoms with E-state index in [-0.39, 0.29) is 5.91 Å². The van der Waals surface area contributed by atoms with Crippen LogP contribution >= 0.6 is 0 Å². The van der Waals surface area contributed by atoms with Gasteiger partial charge in [0.15, 0.2) is 0 Å². The molecular formula is C17H22N2O3. The highest BCUT2D eigenvalue weighted by Crippen LogP contribution is 2.24. The molecule has 2 aromatic rings. The summed E-state index contributed by atoms with van der Waals surface area (Å²) in [6.07, 6.45) is 5.82. The van der Waals surface area contributed by atoms with Crippen LogP contribution in [0.25, 0.3) is 5.52 Å². The molecule has 22 heavy (non-hydrogen) atoms. The van der Waals surface area contributed by atoms with Gasteiger partial charge in [0.1, 0.15) is 0 Å². The fourth-order valence-electron chi connectivity index (χ4n) is 3.15. The van der Waals surface area contributed by atoms with Crippen LogP contribution in [0.3, 0.4) is 0 Å². The minimum Gasteiger partial charge on any atom is -0.387 e. The third-order valence-electron chi connectivity index (χ3n) is 4.37. The lowest BCUT2D eigenvalue weighted by atomic mass is 9.96. The van der Waals surface area contributed by atoms with Gasteiger partial charge in [0.25, 0.3) is 5.91 Å². The molecule has 1 saturated heterocycles. The molecule has 1 unspecified atom stereocenters. The van der Waals surface area contributed by atoms with Gasteiger partial charge in [-0.2, -0.15) is 0 Å². The normalized spacial score (nSPS) is 22.7. The second-order valence-corrected chi connectivity index (χ2v) is 6.06. The van der Waals surface area contributed by atoms with Crippen LogP contribution < -0.4 is 0 Å². The smallest absolute Gasteiger partial charge is 0.255 e. The number of hydrogen-bond donors (Lipinski definition) is 1. The predicted molar refractivity (Wildman–Crippen MR) is 84.0 cm³/mol. The molecule has 118 valence electrons. The van der Waals surface area contributed by atoms with E-state index in [1.165, 1.54) is 0 Å². The fourth-order valence-corrected chi connectivity index (χ4v) is 3.15. The van der Waals surface area contributed by atoms with Crippen molar-refractivity contribution in [1.82, 2.24) is 9.30 Å². The van der Waals surface area contributed by atoms with E-state index in [4.69, 9.17) is 4.74 Å². The highest BCUT2D eigenvalue weighted by Gasteiger charge is 2.31. The molecule has 5 nitrogen and oxygen atoms in total. The van der Waals surface area contributed by atoms with E-state index < -0.39 is 5.60 Å². The summed E-state index contributed by atoms with van der Waals surface area (Å²) in [5, 5.41) is 10.5. The Balaban J connectivity index is 1.74. The van der Waals surface area contributed by atoms with E-state index in [0.29, 0.717) is 38.1 Å². The van der Waals surface area contributed by atoms with Crippen LogP contribution in [0.2, 0.25) is 0 Å². The van der Waals surface area contributed by atoms with Gasteiger partial charge in [0.2, 0.25) is 0 Å². The van der Waals surface area contributed by atoms with Gasteiger partial charge in [-0.3, -0.25) is 4.79 Å². The van der Waals surface area contributed by atoms with Gasteiger partial charge in [0.05, 0.1) is 17.8 Å². The number of aromatic nitrogens is 1. The number of nitrogens with zero attached hydrogens (tertiary/aromatic N) is 2. The second kappa shape index (κ2) is 6.10. The molecule has 1 fully saturated rings. The maximum atomic E-state index is 12.7. The first-order valence-electron chi connectivity index (χ1n) is 7.69. The first-order valence-corrected chi connectivity index (χ1v) is 7.69. The zero-order valence-corrected chi connectivity index (χ0v) is 12.9. The van der Waals surface area contributed by atoms with Crippen LogP contribution in [-0.4, -0.2) is 52.7 Å². The summed E-state index contributed by atoms with van der Waals surface area (Å²) in [7, 11) is 1.60. The molecule has 1 aliphatic rings. The summed E-state index contributed by atoms with van der Waals surface area (Å²) in [6.45, 7) is 1.56. The van der Waals surface area contributed by atoms with E-state index in [9.17, 15) is 9.90 Å². The predicted octanol–water partition coefficient (Wildman–Crippen LogP) is 1.94. The van der Waals surface area contributed by atoms with E-state index >= 15 is 0 Å². The van der Waals surface area contributed by atoms with Crippen molar-refractivity contribution in [2.45, 2.75) is 24.9 Å². The van der Waals surface area contributed by atoms with Crippen LogP contribution in [0.15, 0.2) is 36.7 Å². The number of likely N-dealkylation sites (tertiary alicyclic amines) is 1. The van der Waals surface area contributed by atoms with Crippen molar-refractivity contribution < 1.29 is 14.6 Å². The van der Waals surface area contributed by atoms with Crippen LogP contribution in [0.4, 0.5) is 0 Å². The zero-order chi connectivity index (χ0) is 15.6. The lowest BCUT2D eigenvalue weighted by Crippen LogP contribution is -2.37. The molecule has 1 N–H and O–H groups in total. The number of pyridine rings is 1. The molecule has 0 spiro atoms. The molecule has 2 aromatic heterocycles. The Kier molecular flexibility index (Phi) is 4.18. The fraction of sp³-hybridized carbons (Fsp3) is 0.471. The van der Waals surface area contributed by atoms with Gasteiger partial charge < -0.3 is 19.1 Å². The molecule has 0 saturated carbocycles. The molecule has 0 bridgehead atoms. The van der Waals surface area contributed by atoms with Gasteiger partial charge in [-0.05, 0) is 37.5 Å². The Morgan fingerprint density at radius 1 is 1.36 bits per heavy atom. The first kappa shape index (κ1) is 15.1. The Morgan fingerprint density at radius 2 is 2.23 bits per heavy atom. The van der Waals surface area contributed by atoms with Crippen molar-refractivity contribution in [2.24, 2.45) is 0 Å². The summed E-state index contributed by atoms with van der Waals surface area (Å²) in [5.41, 5.74) is 0.898. The van der Waals surface area contributed by atoms with Gasteiger partial charge in [-0.1, -0.05) is 6.07 Å². The highest BCUT2D eigenvalue weighted by atomic mass is 16.5. The number of carbonyl (C=O) groups is 1. The number of fused-ring (bicyclic) bond motifs is 1. The third-order valence-corrected chi connectivity index (χ3v) is 4.37. The van der Waals surface area contributed by atoms with Crippen molar-refractivity contribution in [3.8, 4) is 0 Å². The summed E-state index contributed by atoms with van der Waals surface area (Å²) in [6, 6.07) is 7.80. The Morgan fingerprint density at radius 3 is 3.00 bits per heavy atom. The van der Waals surface area contributed by atoms with Gasteiger partial charge in [-0.15, -0.1) is 0 Å². The standard InChI is InChI=1S/C17H22N2O3/c1-22-13-17(21)6-4-9-18(10-7-17)16(20)14-11-15-5-2-3-8-19(15)12-14/h2-3,5,8,11-12,21H,4,6-7,9-10,13H2,1H3. The topological polar surface area (TPSA) is 54.2 Å². The van der Waals surface area contributed by atoms with Gasteiger partial charge in [0, 0.05) is 38.1 Å². The maximum Gasteiger partial charge on any atom is 0.255 e. The molecule has 0 radical (unpaired) electrons. The minimum atomic E-state index is -0.810. The third kappa shape index (κ3) is 3.00. The monoisotopic (exact) mass is 302 g/mol. The number of hydrogen-bond acceptors (Lipinski definition) is 3. The maximum absolute atomic E-state index is 12.7.